The Morgan fingerprint density at radius 1 is 1.29 bits per heavy atom. The van der Waals surface area contributed by atoms with Gasteiger partial charge in [0.2, 0.25) is 5.91 Å². The molecule has 1 aromatic carbocycles. The minimum Gasteiger partial charge on any atom is -0.467 e. The molecular weight excluding hydrogens is 334 g/mol. The van der Waals surface area contributed by atoms with Gasteiger partial charge in [0.1, 0.15) is 5.75 Å². The molecule has 1 heterocycles. The number of ether oxygens (including phenoxy) is 2. The van der Waals surface area contributed by atoms with E-state index in [0.717, 1.165) is 34.2 Å². The molecule has 1 aromatic rings. The maximum absolute atomic E-state index is 12.2. The summed E-state index contributed by atoms with van der Waals surface area (Å²) in [4.78, 5) is 12.2. The highest BCUT2D eigenvalue weighted by Crippen LogP contribution is 2.32. The molecule has 1 saturated carbocycles. The SMILES string of the molecule is O=C(NCc1cc(Br)cc2c1OCOC2)C1CCCCC1. The van der Waals surface area contributed by atoms with Crippen LogP contribution in [0.5, 0.6) is 5.75 Å². The maximum Gasteiger partial charge on any atom is 0.223 e. The van der Waals surface area contributed by atoms with Gasteiger partial charge in [-0.2, -0.15) is 0 Å². The van der Waals surface area contributed by atoms with E-state index in [9.17, 15) is 4.79 Å². The number of carbonyl (C=O) groups is 1. The monoisotopic (exact) mass is 353 g/mol. The van der Waals surface area contributed by atoms with E-state index in [2.05, 4.69) is 21.2 Å². The van der Waals surface area contributed by atoms with Gasteiger partial charge in [0.25, 0.3) is 0 Å². The lowest BCUT2D eigenvalue weighted by Gasteiger charge is -2.23. The van der Waals surface area contributed by atoms with Gasteiger partial charge in [-0.3, -0.25) is 4.79 Å². The Balaban J connectivity index is 1.67. The molecule has 0 unspecified atom stereocenters. The largest absolute Gasteiger partial charge is 0.467 e. The van der Waals surface area contributed by atoms with Crippen molar-refractivity contribution in [3.05, 3.63) is 27.7 Å². The molecule has 1 aliphatic heterocycles. The van der Waals surface area contributed by atoms with Crippen LogP contribution in [0.25, 0.3) is 0 Å². The Hall–Kier alpha value is -1.07. The van der Waals surface area contributed by atoms with Crippen LogP contribution in [0, 0.1) is 5.92 Å². The molecule has 21 heavy (non-hydrogen) atoms. The van der Waals surface area contributed by atoms with Crippen molar-refractivity contribution in [2.24, 2.45) is 5.92 Å². The predicted octanol–water partition coefficient (Wildman–Crippen LogP) is 3.51. The molecule has 1 fully saturated rings. The molecule has 5 heteroatoms. The topological polar surface area (TPSA) is 47.6 Å². The molecular formula is C16H20BrNO3. The van der Waals surface area contributed by atoms with Crippen LogP contribution in [0.2, 0.25) is 0 Å². The van der Waals surface area contributed by atoms with Gasteiger partial charge in [-0.15, -0.1) is 0 Å². The Morgan fingerprint density at radius 3 is 2.90 bits per heavy atom. The van der Waals surface area contributed by atoms with Crippen LogP contribution in [0.3, 0.4) is 0 Å². The third kappa shape index (κ3) is 3.58. The summed E-state index contributed by atoms with van der Waals surface area (Å²) in [6.45, 7) is 1.34. The van der Waals surface area contributed by atoms with Crippen LogP contribution in [-0.2, 0) is 22.7 Å². The predicted molar refractivity (Wildman–Crippen MR) is 82.8 cm³/mol. The van der Waals surface area contributed by atoms with Gasteiger partial charge < -0.3 is 14.8 Å². The molecule has 0 spiro atoms. The number of rotatable bonds is 3. The second-order valence-electron chi connectivity index (χ2n) is 5.72. The highest BCUT2D eigenvalue weighted by atomic mass is 79.9. The van der Waals surface area contributed by atoms with Gasteiger partial charge in [0.05, 0.1) is 6.61 Å². The average Bonchev–Trinajstić information content (AvgIpc) is 2.53. The van der Waals surface area contributed by atoms with E-state index in [1.165, 1.54) is 19.3 Å². The zero-order chi connectivity index (χ0) is 14.7. The lowest BCUT2D eigenvalue weighted by Crippen LogP contribution is -2.31. The van der Waals surface area contributed by atoms with Crippen LogP contribution in [0.4, 0.5) is 0 Å². The first-order valence-electron chi connectivity index (χ1n) is 7.53. The minimum atomic E-state index is 0.176. The van der Waals surface area contributed by atoms with Crippen LogP contribution in [-0.4, -0.2) is 12.7 Å². The zero-order valence-electron chi connectivity index (χ0n) is 12.0. The zero-order valence-corrected chi connectivity index (χ0v) is 13.6. The average molecular weight is 354 g/mol. The summed E-state index contributed by atoms with van der Waals surface area (Å²) < 4.78 is 11.9. The number of fused-ring (bicyclic) bond motifs is 1. The number of nitrogens with one attached hydrogen (secondary N) is 1. The van der Waals surface area contributed by atoms with Gasteiger partial charge in [0, 0.05) is 28.1 Å². The fraction of sp³-hybridized carbons (Fsp3) is 0.562. The number of hydrogen-bond acceptors (Lipinski definition) is 3. The third-order valence-corrected chi connectivity index (χ3v) is 4.64. The van der Waals surface area contributed by atoms with Gasteiger partial charge in [-0.25, -0.2) is 0 Å². The van der Waals surface area contributed by atoms with Crippen molar-refractivity contribution in [1.29, 1.82) is 0 Å². The van der Waals surface area contributed by atoms with Gasteiger partial charge in [0.15, 0.2) is 6.79 Å². The molecule has 1 amide bonds. The summed E-state index contributed by atoms with van der Waals surface area (Å²) in [7, 11) is 0. The standard InChI is InChI=1S/C16H20BrNO3/c17-14-6-12(15-13(7-14)9-20-10-21-15)8-18-16(19)11-4-2-1-3-5-11/h6-7,11H,1-5,8-10H2,(H,18,19). The van der Waals surface area contributed by atoms with Crippen LogP contribution < -0.4 is 10.1 Å². The summed E-state index contributed by atoms with van der Waals surface area (Å²) in [5, 5.41) is 3.07. The summed E-state index contributed by atoms with van der Waals surface area (Å²) in [5.41, 5.74) is 2.03. The molecule has 0 atom stereocenters. The molecule has 0 bridgehead atoms. The third-order valence-electron chi connectivity index (χ3n) is 4.18. The smallest absolute Gasteiger partial charge is 0.223 e. The molecule has 1 aliphatic carbocycles. The van der Waals surface area contributed by atoms with Crippen molar-refractivity contribution in [3.63, 3.8) is 0 Å². The van der Waals surface area contributed by atoms with E-state index in [-0.39, 0.29) is 18.6 Å². The normalized spacial score (nSPS) is 18.7. The fourth-order valence-electron chi connectivity index (χ4n) is 3.08. The van der Waals surface area contributed by atoms with Crippen LogP contribution in [0.1, 0.15) is 43.2 Å². The maximum atomic E-state index is 12.2. The fourth-order valence-corrected chi connectivity index (χ4v) is 3.63. The lowest BCUT2D eigenvalue weighted by atomic mass is 9.88. The van der Waals surface area contributed by atoms with Crippen LogP contribution in [0.15, 0.2) is 16.6 Å². The number of carbonyl (C=O) groups excluding carboxylic acids is 1. The summed E-state index contributed by atoms with van der Waals surface area (Å²) in [5.74, 6) is 1.22. The van der Waals surface area contributed by atoms with Crippen molar-refractivity contribution >= 4 is 21.8 Å². The van der Waals surface area contributed by atoms with Gasteiger partial charge in [-0.1, -0.05) is 35.2 Å². The molecule has 1 N–H and O–H groups in total. The van der Waals surface area contributed by atoms with Gasteiger partial charge in [-0.05, 0) is 25.0 Å². The Labute approximate surface area is 133 Å². The first-order chi connectivity index (χ1) is 10.2. The Kier molecular flexibility index (Phi) is 4.80. The molecule has 0 radical (unpaired) electrons. The van der Waals surface area contributed by atoms with Crippen molar-refractivity contribution in [2.45, 2.75) is 45.3 Å². The molecule has 114 valence electrons. The van der Waals surface area contributed by atoms with Crippen molar-refractivity contribution in [1.82, 2.24) is 5.32 Å². The van der Waals surface area contributed by atoms with E-state index in [1.807, 2.05) is 12.1 Å². The van der Waals surface area contributed by atoms with Crippen molar-refractivity contribution in [2.75, 3.05) is 6.79 Å². The highest BCUT2D eigenvalue weighted by Gasteiger charge is 2.22. The quantitative estimate of drug-likeness (QED) is 0.904. The first kappa shape index (κ1) is 14.9. The van der Waals surface area contributed by atoms with E-state index in [0.29, 0.717) is 13.2 Å². The molecule has 4 nitrogen and oxygen atoms in total. The van der Waals surface area contributed by atoms with Gasteiger partial charge >= 0.3 is 0 Å². The van der Waals surface area contributed by atoms with Crippen molar-refractivity contribution in [3.8, 4) is 5.75 Å². The number of hydrogen-bond donors (Lipinski definition) is 1. The second kappa shape index (κ2) is 6.79. The van der Waals surface area contributed by atoms with Crippen LogP contribution >= 0.6 is 15.9 Å². The van der Waals surface area contributed by atoms with E-state index in [4.69, 9.17) is 9.47 Å². The molecule has 0 saturated heterocycles. The summed E-state index contributed by atoms with van der Waals surface area (Å²) >= 11 is 3.50. The summed E-state index contributed by atoms with van der Waals surface area (Å²) in [6.07, 6.45) is 5.64. The number of benzene rings is 1. The first-order valence-corrected chi connectivity index (χ1v) is 8.33. The molecule has 2 aliphatic rings. The van der Waals surface area contributed by atoms with Crippen molar-refractivity contribution < 1.29 is 14.3 Å². The van der Waals surface area contributed by atoms with E-state index < -0.39 is 0 Å². The highest BCUT2D eigenvalue weighted by molar-refractivity contribution is 9.10. The Bertz CT molecular complexity index is 526. The lowest BCUT2D eigenvalue weighted by molar-refractivity contribution is -0.126. The van der Waals surface area contributed by atoms with E-state index >= 15 is 0 Å². The Morgan fingerprint density at radius 2 is 2.10 bits per heavy atom. The number of halogens is 1. The molecule has 3 rings (SSSR count). The summed E-state index contributed by atoms with van der Waals surface area (Å²) in [6, 6.07) is 4.01. The minimum absolute atomic E-state index is 0.176. The van der Waals surface area contributed by atoms with E-state index in [1.54, 1.807) is 0 Å². The number of amides is 1. The second-order valence-corrected chi connectivity index (χ2v) is 6.63. The molecule has 0 aromatic heterocycles.